The third kappa shape index (κ3) is 40.8. The Bertz CT molecular complexity index is 1360. The fraction of sp³-hybridized carbons (Fsp3) is 0.880. The van der Waals surface area contributed by atoms with Crippen LogP contribution in [0.15, 0.2) is 0 Å². The molecule has 2 amide bonds. The van der Waals surface area contributed by atoms with Gasteiger partial charge in [0.15, 0.2) is 6.10 Å². The van der Waals surface area contributed by atoms with Crippen molar-refractivity contribution in [2.75, 3.05) is 26.4 Å². The summed E-state index contributed by atoms with van der Waals surface area (Å²) < 4.78 is 33.3. The summed E-state index contributed by atoms with van der Waals surface area (Å²) in [5.41, 5.74) is 2.26. The van der Waals surface area contributed by atoms with E-state index in [1.807, 2.05) is 0 Å². The summed E-state index contributed by atoms with van der Waals surface area (Å²) in [6, 6.07) is 0. The van der Waals surface area contributed by atoms with Crippen molar-refractivity contribution >= 4 is 43.5 Å². The van der Waals surface area contributed by atoms with Crippen LogP contribution >= 0.6 is 7.82 Å². The number of rotatable bonds is 48. The van der Waals surface area contributed by atoms with Gasteiger partial charge in [-0.25, -0.2) is 4.79 Å². The number of hydroxylamine groups is 3. The van der Waals surface area contributed by atoms with Crippen molar-refractivity contribution in [3.05, 3.63) is 0 Å². The van der Waals surface area contributed by atoms with Crippen LogP contribution in [0.2, 0.25) is 0 Å². The van der Waals surface area contributed by atoms with Crippen LogP contribution in [-0.2, 0) is 61.5 Å². The summed E-state index contributed by atoms with van der Waals surface area (Å²) in [6.45, 7) is 2.78. The molecule has 1 heterocycles. The molecule has 0 aromatic heterocycles. The van der Waals surface area contributed by atoms with Crippen molar-refractivity contribution in [3.8, 4) is 0 Å². The van der Waals surface area contributed by atoms with E-state index in [2.05, 4.69) is 19.3 Å². The Morgan fingerprint density at radius 2 is 0.912 bits per heavy atom. The summed E-state index contributed by atoms with van der Waals surface area (Å²) in [5, 5.41) is 0.424. The number of hydrogen-bond acceptors (Lipinski definition) is 15. The first-order chi connectivity index (χ1) is 32.5. The molecular formula is C50H90N2NaO14P. The molecule has 0 radical (unpaired) electrons. The topological polar surface area (TPSA) is 213 Å². The van der Waals surface area contributed by atoms with Crippen molar-refractivity contribution in [3.63, 3.8) is 0 Å². The van der Waals surface area contributed by atoms with Crippen LogP contribution in [0.25, 0.3) is 0 Å². The van der Waals surface area contributed by atoms with Gasteiger partial charge in [-0.15, -0.1) is 5.06 Å². The fourth-order valence-electron chi connectivity index (χ4n) is 7.68. The van der Waals surface area contributed by atoms with E-state index in [0.29, 0.717) is 17.9 Å². The van der Waals surface area contributed by atoms with Crippen LogP contribution in [0.5, 0.6) is 0 Å². The molecule has 0 aromatic carbocycles. The van der Waals surface area contributed by atoms with Gasteiger partial charge < -0.3 is 33.1 Å². The molecule has 1 unspecified atom stereocenters. The van der Waals surface area contributed by atoms with E-state index in [0.717, 1.165) is 38.5 Å². The minimum atomic E-state index is -4.92. The molecule has 1 rings (SSSR count). The SMILES string of the molecule is CCCCCCCCCCCCCCCCCC(=O)OC[C@H](COP(=O)([O-])OCCNOC(=O)CCCC(=O)ON1C(=O)CCC1=O)OC(=O)CCCCCCCCCCCCCCCCC.[Na+]. The fourth-order valence-corrected chi connectivity index (χ4v) is 8.41. The van der Waals surface area contributed by atoms with Crippen molar-refractivity contribution in [1.82, 2.24) is 10.5 Å². The predicted molar refractivity (Wildman–Crippen MR) is 255 cm³/mol. The number of hydrogen-bond donors (Lipinski definition) is 1. The van der Waals surface area contributed by atoms with Gasteiger partial charge in [0.2, 0.25) is 0 Å². The Kier molecular flexibility index (Phi) is 44.9. The molecule has 1 fully saturated rings. The Morgan fingerprint density at radius 1 is 0.529 bits per heavy atom. The number of carbonyl (C=O) groups excluding carboxylic acids is 6. The second-order valence-corrected chi connectivity index (χ2v) is 19.4. The van der Waals surface area contributed by atoms with E-state index in [1.165, 1.54) is 141 Å². The van der Waals surface area contributed by atoms with Crippen molar-refractivity contribution < 1.29 is 96.0 Å². The zero-order chi connectivity index (χ0) is 49.1. The zero-order valence-corrected chi connectivity index (χ0v) is 45.6. The molecule has 1 aliphatic rings. The number of esters is 2. The minimum Gasteiger partial charge on any atom is -0.756 e. The standard InChI is InChI=1S/C50H91N2O14P.Na/c1-3-5-7-9-11-13-15-17-19-21-23-25-27-29-31-34-47(55)61-42-44(64-48(56)35-32-30-28-26-24-22-20-18-16-14-12-10-8-6-4-2)43-63-67(59,60)62-41-40-51-65-49(57)36-33-37-50(58)66-52-45(53)38-39-46(52)54;/h44,51H,3-43H2,1-2H3,(H,59,60);/q;+1/p-1/t44-;/m1./s1. The summed E-state index contributed by atoms with van der Waals surface area (Å²) in [6.07, 6.45) is 34.7. The number of nitrogens with zero attached hydrogens (tertiary/aromatic N) is 1. The number of imide groups is 1. The summed E-state index contributed by atoms with van der Waals surface area (Å²) >= 11 is 0. The Hall–Kier alpha value is -1.91. The predicted octanol–water partition coefficient (Wildman–Crippen LogP) is 8.30. The molecule has 68 heavy (non-hydrogen) atoms. The number of carbonyl (C=O) groups is 6. The maximum Gasteiger partial charge on any atom is 1.00 e. The van der Waals surface area contributed by atoms with Gasteiger partial charge in [-0.05, 0) is 19.3 Å². The van der Waals surface area contributed by atoms with Crippen LogP contribution in [-0.4, -0.2) is 73.2 Å². The molecule has 0 aromatic rings. The minimum absolute atomic E-state index is 0. The molecule has 16 nitrogen and oxygen atoms in total. The number of nitrogens with one attached hydrogen (secondary N) is 1. The van der Waals surface area contributed by atoms with E-state index < -0.39 is 62.8 Å². The van der Waals surface area contributed by atoms with Gasteiger partial charge in [0.05, 0.1) is 19.8 Å². The third-order valence-corrected chi connectivity index (χ3v) is 12.7. The smallest absolute Gasteiger partial charge is 0.756 e. The van der Waals surface area contributed by atoms with Gasteiger partial charge in [-0.2, -0.15) is 5.48 Å². The molecule has 0 spiro atoms. The van der Waals surface area contributed by atoms with Gasteiger partial charge in [0, 0.05) is 38.5 Å². The van der Waals surface area contributed by atoms with Gasteiger partial charge in [0.1, 0.15) is 6.61 Å². The molecule has 0 saturated carbocycles. The number of phosphoric acid groups is 1. The number of unbranched alkanes of at least 4 members (excludes halogenated alkanes) is 28. The number of amides is 2. The largest absolute Gasteiger partial charge is 1.00 e. The first-order valence-electron chi connectivity index (χ1n) is 26.4. The number of ether oxygens (including phenoxy) is 2. The van der Waals surface area contributed by atoms with E-state index in [4.69, 9.17) is 28.2 Å². The van der Waals surface area contributed by atoms with Crippen LogP contribution in [0.4, 0.5) is 0 Å². The molecule has 1 saturated heterocycles. The van der Waals surface area contributed by atoms with E-state index in [-0.39, 0.29) is 87.7 Å². The molecule has 0 bridgehead atoms. The van der Waals surface area contributed by atoms with Crippen LogP contribution in [0, 0.1) is 0 Å². The second kappa shape index (κ2) is 46.2. The van der Waals surface area contributed by atoms with Crippen LogP contribution in [0.1, 0.15) is 251 Å². The maximum atomic E-state index is 12.8. The van der Waals surface area contributed by atoms with Crippen molar-refractivity contribution in [2.45, 2.75) is 258 Å². The average Bonchev–Trinajstić information content (AvgIpc) is 3.61. The third-order valence-electron chi connectivity index (χ3n) is 11.7. The number of phosphoric ester groups is 1. The molecular weight excluding hydrogens is 907 g/mol. The van der Waals surface area contributed by atoms with Crippen molar-refractivity contribution in [2.24, 2.45) is 0 Å². The van der Waals surface area contributed by atoms with Crippen LogP contribution in [0.3, 0.4) is 0 Å². The molecule has 390 valence electrons. The monoisotopic (exact) mass is 997 g/mol. The molecule has 0 aliphatic carbocycles. The average molecular weight is 997 g/mol. The second-order valence-electron chi connectivity index (χ2n) is 18.0. The molecule has 2 atom stereocenters. The van der Waals surface area contributed by atoms with Crippen molar-refractivity contribution in [1.29, 1.82) is 0 Å². The van der Waals surface area contributed by atoms with Crippen LogP contribution < -0.4 is 39.9 Å². The summed E-state index contributed by atoms with van der Waals surface area (Å²) in [4.78, 5) is 94.4. The summed E-state index contributed by atoms with van der Waals surface area (Å²) in [7, 11) is -4.92. The first-order valence-corrected chi connectivity index (χ1v) is 27.9. The van der Waals surface area contributed by atoms with E-state index in [9.17, 15) is 38.2 Å². The van der Waals surface area contributed by atoms with Gasteiger partial charge in [-0.1, -0.05) is 194 Å². The van der Waals surface area contributed by atoms with Gasteiger partial charge in [-0.3, -0.25) is 28.5 Å². The normalized spacial score (nSPS) is 13.8. The molecule has 18 heteroatoms. The maximum absolute atomic E-state index is 12.8. The first kappa shape index (κ1) is 66.1. The van der Waals surface area contributed by atoms with E-state index in [1.54, 1.807) is 0 Å². The Morgan fingerprint density at radius 3 is 1.35 bits per heavy atom. The Balaban J connectivity index is 0.0000449. The quantitative estimate of drug-likeness (QED) is 0.0115. The zero-order valence-electron chi connectivity index (χ0n) is 42.7. The Labute approximate surface area is 431 Å². The van der Waals surface area contributed by atoms with E-state index >= 15 is 0 Å². The van der Waals surface area contributed by atoms with Gasteiger partial charge in [0.25, 0.3) is 19.6 Å². The molecule has 1 N–H and O–H groups in total. The molecule has 1 aliphatic heterocycles. The summed E-state index contributed by atoms with van der Waals surface area (Å²) in [5.74, 6) is -3.83. The van der Waals surface area contributed by atoms with Gasteiger partial charge >= 0.3 is 53.4 Å².